The number of rotatable bonds is 4. The number of urea groups is 1. The third kappa shape index (κ3) is 3.13. The van der Waals surface area contributed by atoms with Crippen LogP contribution in [0.5, 0.6) is 0 Å². The first-order valence-electron chi connectivity index (χ1n) is 7.50. The maximum atomic E-state index is 12.9. The van der Waals surface area contributed by atoms with E-state index in [0.717, 1.165) is 17.0 Å². The van der Waals surface area contributed by atoms with E-state index >= 15 is 0 Å². The van der Waals surface area contributed by atoms with E-state index in [1.54, 1.807) is 31.2 Å². The summed E-state index contributed by atoms with van der Waals surface area (Å²) in [5.74, 6) is -1.46. The van der Waals surface area contributed by atoms with Crippen molar-refractivity contribution in [1.29, 1.82) is 0 Å². The third-order valence-electron chi connectivity index (χ3n) is 4.16. The highest BCUT2D eigenvalue weighted by Gasteiger charge is 2.49. The van der Waals surface area contributed by atoms with Gasteiger partial charge >= 0.3 is 6.03 Å². The fourth-order valence-corrected chi connectivity index (χ4v) is 2.82. The van der Waals surface area contributed by atoms with Gasteiger partial charge in [0.2, 0.25) is 0 Å². The molecule has 1 saturated heterocycles. The number of benzene rings is 2. The van der Waals surface area contributed by atoms with E-state index in [9.17, 15) is 18.8 Å². The number of amides is 3. The van der Waals surface area contributed by atoms with Crippen LogP contribution in [0.15, 0.2) is 48.5 Å². The van der Waals surface area contributed by atoms with Crippen LogP contribution in [0.4, 0.5) is 9.18 Å². The molecule has 0 aromatic heterocycles. The Bertz CT molecular complexity index is 852. The molecule has 2 aromatic carbocycles. The molecule has 0 bridgehead atoms. The van der Waals surface area contributed by atoms with E-state index in [1.807, 2.05) is 0 Å². The first-order chi connectivity index (χ1) is 11.8. The van der Waals surface area contributed by atoms with Crippen LogP contribution in [-0.4, -0.2) is 29.2 Å². The highest BCUT2D eigenvalue weighted by Crippen LogP contribution is 2.29. The van der Waals surface area contributed by atoms with Gasteiger partial charge in [-0.15, -0.1) is 0 Å². The molecule has 0 spiro atoms. The van der Waals surface area contributed by atoms with Crippen molar-refractivity contribution in [3.05, 3.63) is 70.5 Å². The minimum atomic E-state index is -1.27. The van der Waals surface area contributed by atoms with Crippen molar-refractivity contribution < 1.29 is 18.8 Å². The highest BCUT2D eigenvalue weighted by molar-refractivity contribution is 6.30. The van der Waals surface area contributed by atoms with Crippen LogP contribution >= 0.6 is 11.6 Å². The zero-order chi connectivity index (χ0) is 18.2. The van der Waals surface area contributed by atoms with Crippen LogP contribution in [0.1, 0.15) is 22.8 Å². The van der Waals surface area contributed by atoms with E-state index in [-0.39, 0.29) is 5.56 Å². The van der Waals surface area contributed by atoms with Crippen molar-refractivity contribution in [3.8, 4) is 0 Å². The molecular weight excluding hydrogens is 347 g/mol. The Morgan fingerprint density at radius 3 is 2.32 bits per heavy atom. The lowest BCUT2D eigenvalue weighted by Gasteiger charge is -2.22. The zero-order valence-electron chi connectivity index (χ0n) is 13.3. The summed E-state index contributed by atoms with van der Waals surface area (Å²) in [5, 5.41) is 3.12. The summed E-state index contributed by atoms with van der Waals surface area (Å²) in [6, 6.07) is 10.8. The van der Waals surface area contributed by atoms with Crippen LogP contribution in [0.3, 0.4) is 0 Å². The maximum Gasteiger partial charge on any atom is 0.325 e. The SMILES string of the molecule is C[C@@]1(c2ccc(Cl)cc2)NC(=O)N(CC(=O)c2ccc(F)cc2)C1=O. The van der Waals surface area contributed by atoms with Crippen LogP contribution < -0.4 is 5.32 Å². The molecule has 0 saturated carbocycles. The molecule has 1 aliphatic rings. The van der Waals surface area contributed by atoms with Gasteiger partial charge in [0.25, 0.3) is 5.91 Å². The molecule has 3 amide bonds. The number of carbonyl (C=O) groups is 3. The van der Waals surface area contributed by atoms with Crippen molar-refractivity contribution in [2.24, 2.45) is 0 Å². The fraction of sp³-hybridized carbons (Fsp3) is 0.167. The summed E-state index contributed by atoms with van der Waals surface area (Å²) in [5.41, 5.74) is -0.487. The van der Waals surface area contributed by atoms with E-state index in [0.29, 0.717) is 10.6 Å². The lowest BCUT2D eigenvalue weighted by Crippen LogP contribution is -2.41. The number of nitrogens with zero attached hydrogens (tertiary/aromatic N) is 1. The molecule has 1 fully saturated rings. The topological polar surface area (TPSA) is 66.5 Å². The van der Waals surface area contributed by atoms with Gasteiger partial charge in [-0.1, -0.05) is 23.7 Å². The van der Waals surface area contributed by atoms with E-state index < -0.39 is 35.6 Å². The number of carbonyl (C=O) groups excluding carboxylic acids is 3. The summed E-state index contributed by atoms with van der Waals surface area (Å²) in [6.45, 7) is 1.15. The zero-order valence-corrected chi connectivity index (χ0v) is 14.0. The number of nitrogens with one attached hydrogen (secondary N) is 1. The van der Waals surface area contributed by atoms with Gasteiger partial charge in [0.05, 0.1) is 6.54 Å². The van der Waals surface area contributed by atoms with Gasteiger partial charge in [-0.3, -0.25) is 14.5 Å². The van der Waals surface area contributed by atoms with Crippen LogP contribution in [0, 0.1) is 5.82 Å². The van der Waals surface area contributed by atoms with Crippen molar-refractivity contribution >= 4 is 29.3 Å². The smallest absolute Gasteiger partial charge is 0.319 e. The lowest BCUT2D eigenvalue weighted by atomic mass is 9.92. The van der Waals surface area contributed by atoms with Crippen molar-refractivity contribution in [2.75, 3.05) is 6.54 Å². The van der Waals surface area contributed by atoms with Gasteiger partial charge in [0, 0.05) is 10.6 Å². The van der Waals surface area contributed by atoms with Crippen LogP contribution in [0.2, 0.25) is 5.02 Å². The summed E-state index contributed by atoms with van der Waals surface area (Å²) in [6.07, 6.45) is 0. The Kier molecular flexibility index (Phi) is 4.30. The molecule has 0 radical (unpaired) electrons. The first-order valence-corrected chi connectivity index (χ1v) is 7.88. The van der Waals surface area contributed by atoms with E-state index in [2.05, 4.69) is 5.32 Å². The molecule has 25 heavy (non-hydrogen) atoms. The number of hydrogen-bond acceptors (Lipinski definition) is 3. The highest BCUT2D eigenvalue weighted by atomic mass is 35.5. The van der Waals surface area contributed by atoms with E-state index in [4.69, 9.17) is 11.6 Å². The summed E-state index contributed by atoms with van der Waals surface area (Å²) < 4.78 is 12.9. The normalized spacial score (nSPS) is 19.9. The monoisotopic (exact) mass is 360 g/mol. The Morgan fingerprint density at radius 1 is 1.12 bits per heavy atom. The van der Waals surface area contributed by atoms with Gasteiger partial charge in [-0.05, 0) is 48.9 Å². The molecule has 128 valence electrons. The van der Waals surface area contributed by atoms with Crippen LogP contribution in [-0.2, 0) is 10.3 Å². The molecule has 1 N–H and O–H groups in total. The fourth-order valence-electron chi connectivity index (χ4n) is 2.69. The largest absolute Gasteiger partial charge is 0.325 e. The van der Waals surface area contributed by atoms with Gasteiger partial charge in [0.15, 0.2) is 5.78 Å². The number of halogens is 2. The lowest BCUT2D eigenvalue weighted by molar-refractivity contribution is -0.130. The standard InChI is InChI=1S/C18H14ClFN2O3/c1-18(12-4-6-13(19)7-5-12)16(24)22(17(25)21-18)10-15(23)11-2-8-14(20)9-3-11/h2-9H,10H2,1H3,(H,21,25)/t18-/m0/s1. The quantitative estimate of drug-likeness (QED) is 0.673. The minimum absolute atomic E-state index is 0.224. The third-order valence-corrected chi connectivity index (χ3v) is 4.42. The van der Waals surface area contributed by atoms with Crippen molar-refractivity contribution in [1.82, 2.24) is 10.2 Å². The maximum absolute atomic E-state index is 12.9. The van der Waals surface area contributed by atoms with Gasteiger partial charge < -0.3 is 5.32 Å². The Morgan fingerprint density at radius 2 is 1.72 bits per heavy atom. The van der Waals surface area contributed by atoms with Crippen LogP contribution in [0.25, 0.3) is 0 Å². The van der Waals surface area contributed by atoms with Crippen molar-refractivity contribution in [2.45, 2.75) is 12.5 Å². The summed E-state index contributed by atoms with van der Waals surface area (Å²) in [7, 11) is 0. The summed E-state index contributed by atoms with van der Waals surface area (Å²) in [4.78, 5) is 38.1. The average molecular weight is 361 g/mol. The molecule has 5 nitrogen and oxygen atoms in total. The molecule has 1 atom stereocenters. The molecule has 0 aliphatic carbocycles. The number of ketones is 1. The number of hydrogen-bond donors (Lipinski definition) is 1. The van der Waals surface area contributed by atoms with Gasteiger partial charge in [-0.25, -0.2) is 9.18 Å². The molecular formula is C18H14ClFN2O3. The van der Waals surface area contributed by atoms with E-state index in [1.165, 1.54) is 12.1 Å². The molecule has 1 aliphatic heterocycles. The molecule has 2 aromatic rings. The predicted molar refractivity (Wildman–Crippen MR) is 89.8 cm³/mol. The Hall–Kier alpha value is -2.73. The second kappa shape index (κ2) is 6.29. The first kappa shape index (κ1) is 17.1. The van der Waals surface area contributed by atoms with Gasteiger partial charge in [-0.2, -0.15) is 0 Å². The number of imide groups is 1. The predicted octanol–water partition coefficient (Wildman–Crippen LogP) is 3.13. The summed E-state index contributed by atoms with van der Waals surface area (Å²) >= 11 is 5.85. The molecule has 7 heteroatoms. The number of Topliss-reactive ketones (excluding diaryl/α,β-unsaturated/α-hetero) is 1. The second-order valence-electron chi connectivity index (χ2n) is 5.88. The van der Waals surface area contributed by atoms with Crippen molar-refractivity contribution in [3.63, 3.8) is 0 Å². The Labute approximate surface area is 148 Å². The van der Waals surface area contributed by atoms with Gasteiger partial charge in [0.1, 0.15) is 11.4 Å². The molecule has 3 rings (SSSR count). The minimum Gasteiger partial charge on any atom is -0.319 e. The molecule has 1 heterocycles. The average Bonchev–Trinajstić information content (AvgIpc) is 2.80. The molecule has 0 unspecified atom stereocenters. The second-order valence-corrected chi connectivity index (χ2v) is 6.32. The Balaban J connectivity index is 1.82.